The number of ether oxygens (including phenoxy) is 2. The highest BCUT2D eigenvalue weighted by atomic mass is 16.6. The summed E-state index contributed by atoms with van der Waals surface area (Å²) in [6.45, 7) is 6.40. The number of carbonyl (C=O) groups is 1. The Morgan fingerprint density at radius 1 is 1.13 bits per heavy atom. The minimum Gasteiger partial charge on any atom is -0.378 e. The quantitative estimate of drug-likeness (QED) is 0.830. The summed E-state index contributed by atoms with van der Waals surface area (Å²) in [7, 11) is 0. The van der Waals surface area contributed by atoms with Gasteiger partial charge in [0, 0.05) is 44.8 Å². The fourth-order valence-corrected chi connectivity index (χ4v) is 4.61. The van der Waals surface area contributed by atoms with E-state index < -0.39 is 0 Å². The van der Waals surface area contributed by atoms with E-state index in [9.17, 15) is 4.79 Å². The summed E-state index contributed by atoms with van der Waals surface area (Å²) in [6.07, 6.45) is 6.52. The molecule has 4 heterocycles. The van der Waals surface area contributed by atoms with Crippen LogP contribution in [0.3, 0.4) is 0 Å². The largest absolute Gasteiger partial charge is 0.378 e. The van der Waals surface area contributed by atoms with Gasteiger partial charge in [0.25, 0.3) is 0 Å². The van der Waals surface area contributed by atoms with Crippen molar-refractivity contribution in [1.29, 1.82) is 0 Å². The summed E-state index contributed by atoms with van der Waals surface area (Å²) >= 11 is 0. The average molecular weight is 323 g/mol. The summed E-state index contributed by atoms with van der Waals surface area (Å²) in [5.41, 5.74) is -0.140. The van der Waals surface area contributed by atoms with Crippen LogP contribution in [0.4, 0.5) is 4.79 Å². The van der Waals surface area contributed by atoms with Crippen LogP contribution in [0.1, 0.15) is 38.5 Å². The molecule has 0 aromatic carbocycles. The van der Waals surface area contributed by atoms with Crippen LogP contribution in [-0.4, -0.2) is 79.5 Å². The van der Waals surface area contributed by atoms with E-state index in [1.807, 2.05) is 4.90 Å². The Balaban J connectivity index is 1.28. The van der Waals surface area contributed by atoms with Crippen LogP contribution in [0.5, 0.6) is 0 Å². The third-order valence-corrected chi connectivity index (χ3v) is 6.00. The van der Waals surface area contributed by atoms with Crippen molar-refractivity contribution >= 4 is 6.03 Å². The van der Waals surface area contributed by atoms with Crippen molar-refractivity contribution in [2.24, 2.45) is 0 Å². The van der Waals surface area contributed by atoms with Gasteiger partial charge < -0.3 is 19.7 Å². The Bertz CT molecular complexity index is 433. The first kappa shape index (κ1) is 15.7. The lowest BCUT2D eigenvalue weighted by molar-refractivity contribution is -0.0881. The molecule has 4 saturated heterocycles. The van der Waals surface area contributed by atoms with Gasteiger partial charge in [-0.1, -0.05) is 0 Å². The fourth-order valence-electron chi connectivity index (χ4n) is 4.61. The molecule has 6 nitrogen and oxygen atoms in total. The number of rotatable bonds is 2. The highest BCUT2D eigenvalue weighted by Crippen LogP contribution is 2.33. The Kier molecular flexibility index (Phi) is 4.48. The molecule has 4 aliphatic rings. The molecule has 6 heteroatoms. The van der Waals surface area contributed by atoms with Gasteiger partial charge >= 0.3 is 6.03 Å². The van der Waals surface area contributed by atoms with Crippen molar-refractivity contribution in [2.45, 2.75) is 56.2 Å². The smallest absolute Gasteiger partial charge is 0.317 e. The molecule has 1 N–H and O–H groups in total. The van der Waals surface area contributed by atoms with Gasteiger partial charge in [0.05, 0.1) is 12.2 Å². The van der Waals surface area contributed by atoms with Gasteiger partial charge in [0.2, 0.25) is 0 Å². The highest BCUT2D eigenvalue weighted by Gasteiger charge is 2.42. The van der Waals surface area contributed by atoms with Crippen molar-refractivity contribution < 1.29 is 14.3 Å². The van der Waals surface area contributed by atoms with Crippen LogP contribution in [0, 0.1) is 0 Å². The Morgan fingerprint density at radius 3 is 2.78 bits per heavy atom. The van der Waals surface area contributed by atoms with E-state index >= 15 is 0 Å². The van der Waals surface area contributed by atoms with E-state index in [-0.39, 0.29) is 17.7 Å². The normalized spacial score (nSPS) is 38.5. The number of urea groups is 1. The van der Waals surface area contributed by atoms with Gasteiger partial charge in [-0.15, -0.1) is 0 Å². The predicted molar refractivity (Wildman–Crippen MR) is 86.5 cm³/mol. The number of nitrogens with zero attached hydrogens (tertiary/aromatic N) is 2. The molecule has 0 aromatic rings. The second-order valence-electron chi connectivity index (χ2n) is 7.60. The second kappa shape index (κ2) is 6.57. The molecule has 0 saturated carbocycles. The molecule has 23 heavy (non-hydrogen) atoms. The second-order valence-corrected chi connectivity index (χ2v) is 7.60. The maximum Gasteiger partial charge on any atom is 0.317 e. The standard InChI is InChI=1S/C17H29N3O3/c21-16(20-8-3-15(12-20)19-6-1-2-7-19)18-14-4-9-23-17(11-14)5-10-22-13-17/h14-15H,1-13H2,(H,18,21). The molecule has 0 aliphatic carbocycles. The van der Waals surface area contributed by atoms with Gasteiger partial charge in [-0.2, -0.15) is 0 Å². The zero-order valence-corrected chi connectivity index (χ0v) is 14.0. The van der Waals surface area contributed by atoms with E-state index in [2.05, 4.69) is 10.2 Å². The third-order valence-electron chi connectivity index (χ3n) is 6.00. The zero-order valence-electron chi connectivity index (χ0n) is 14.0. The van der Waals surface area contributed by atoms with Crippen molar-refractivity contribution in [3.05, 3.63) is 0 Å². The topological polar surface area (TPSA) is 54.0 Å². The average Bonchev–Trinajstić information content (AvgIpc) is 3.29. The molecule has 0 aromatic heterocycles. The van der Waals surface area contributed by atoms with Crippen LogP contribution >= 0.6 is 0 Å². The third kappa shape index (κ3) is 3.35. The summed E-state index contributed by atoms with van der Waals surface area (Å²) in [5, 5.41) is 3.26. The molecule has 0 bridgehead atoms. The lowest BCUT2D eigenvalue weighted by atomic mass is 9.90. The summed E-state index contributed by atoms with van der Waals surface area (Å²) in [6, 6.07) is 0.920. The first-order chi connectivity index (χ1) is 11.2. The van der Waals surface area contributed by atoms with Crippen molar-refractivity contribution in [1.82, 2.24) is 15.1 Å². The van der Waals surface area contributed by atoms with E-state index in [1.165, 1.54) is 25.9 Å². The molecule has 2 amide bonds. The minimum atomic E-state index is -0.140. The van der Waals surface area contributed by atoms with Crippen LogP contribution in [-0.2, 0) is 9.47 Å². The first-order valence-electron chi connectivity index (χ1n) is 9.25. The van der Waals surface area contributed by atoms with Crippen molar-refractivity contribution in [3.8, 4) is 0 Å². The van der Waals surface area contributed by atoms with Crippen LogP contribution in [0.15, 0.2) is 0 Å². The number of hydrogen-bond acceptors (Lipinski definition) is 4. The fraction of sp³-hybridized carbons (Fsp3) is 0.941. The monoisotopic (exact) mass is 323 g/mol. The van der Waals surface area contributed by atoms with Crippen LogP contribution in [0.25, 0.3) is 0 Å². The molecule has 0 radical (unpaired) electrons. The van der Waals surface area contributed by atoms with Gasteiger partial charge in [0.1, 0.15) is 0 Å². The highest BCUT2D eigenvalue weighted by molar-refractivity contribution is 5.75. The number of amides is 2. The molecule has 3 atom stereocenters. The van der Waals surface area contributed by atoms with Gasteiger partial charge in [-0.05, 0) is 45.2 Å². The van der Waals surface area contributed by atoms with Crippen molar-refractivity contribution in [3.63, 3.8) is 0 Å². The number of nitrogens with one attached hydrogen (secondary N) is 1. The Hall–Kier alpha value is -0.850. The van der Waals surface area contributed by atoms with E-state index in [4.69, 9.17) is 9.47 Å². The Labute approximate surface area is 138 Å². The van der Waals surface area contributed by atoms with Crippen LogP contribution < -0.4 is 5.32 Å². The number of hydrogen-bond donors (Lipinski definition) is 1. The molecule has 4 fully saturated rings. The first-order valence-corrected chi connectivity index (χ1v) is 9.25. The SMILES string of the molecule is O=C(NC1CCOC2(CCOC2)C1)N1CCC(N2CCCC2)C1. The summed E-state index contributed by atoms with van der Waals surface area (Å²) in [4.78, 5) is 17.2. The van der Waals surface area contributed by atoms with E-state index in [0.717, 1.165) is 52.0 Å². The van der Waals surface area contributed by atoms with Crippen LogP contribution in [0.2, 0.25) is 0 Å². The zero-order chi connectivity index (χ0) is 15.7. The molecular formula is C17H29N3O3. The number of likely N-dealkylation sites (tertiary alicyclic amines) is 2. The minimum absolute atomic E-state index is 0.118. The maximum atomic E-state index is 12.6. The summed E-state index contributed by atoms with van der Waals surface area (Å²) < 4.78 is 11.5. The van der Waals surface area contributed by atoms with Crippen molar-refractivity contribution in [2.75, 3.05) is 46.0 Å². The van der Waals surface area contributed by atoms with Gasteiger partial charge in [-0.3, -0.25) is 4.90 Å². The molecule has 3 unspecified atom stereocenters. The predicted octanol–water partition coefficient (Wildman–Crippen LogP) is 1.20. The molecule has 4 rings (SSSR count). The molecule has 130 valence electrons. The maximum absolute atomic E-state index is 12.6. The summed E-state index contributed by atoms with van der Waals surface area (Å²) in [5.74, 6) is 0. The van der Waals surface area contributed by atoms with E-state index in [1.54, 1.807) is 0 Å². The number of carbonyl (C=O) groups excluding carboxylic acids is 1. The lowest BCUT2D eigenvalue weighted by Gasteiger charge is -2.37. The Morgan fingerprint density at radius 2 is 2.00 bits per heavy atom. The molecule has 1 spiro atoms. The lowest BCUT2D eigenvalue weighted by Crippen LogP contribution is -2.52. The van der Waals surface area contributed by atoms with Gasteiger partial charge in [-0.25, -0.2) is 4.79 Å². The van der Waals surface area contributed by atoms with Gasteiger partial charge in [0.15, 0.2) is 0 Å². The van der Waals surface area contributed by atoms with E-state index in [0.29, 0.717) is 12.6 Å². The molecule has 4 aliphatic heterocycles. The molecular weight excluding hydrogens is 294 g/mol.